The molecule has 1 aliphatic rings. The fourth-order valence-electron chi connectivity index (χ4n) is 3.57. The Hall–Kier alpha value is -2.70. The first-order valence-corrected chi connectivity index (χ1v) is 12.1. The Morgan fingerprint density at radius 1 is 0.871 bits per heavy atom. The van der Waals surface area contributed by atoms with Crippen LogP contribution in [0.25, 0.3) is 11.1 Å². The van der Waals surface area contributed by atoms with E-state index in [1.165, 1.54) is 55.4 Å². The highest BCUT2D eigenvalue weighted by Crippen LogP contribution is 2.23. The van der Waals surface area contributed by atoms with Crippen LogP contribution in [0.5, 0.6) is 0 Å². The second-order valence-corrected chi connectivity index (χ2v) is 9.26. The molecule has 0 aliphatic heterocycles. The highest BCUT2D eigenvalue weighted by molar-refractivity contribution is 7.85. The molecule has 0 unspecified atom stereocenters. The Labute approximate surface area is 185 Å². The summed E-state index contributed by atoms with van der Waals surface area (Å²) in [5.74, 6) is 0.741. The van der Waals surface area contributed by atoms with Gasteiger partial charge in [-0.3, -0.25) is 4.84 Å². The van der Waals surface area contributed by atoms with E-state index in [4.69, 9.17) is 4.84 Å². The van der Waals surface area contributed by atoms with Gasteiger partial charge >= 0.3 is 0 Å². The molecule has 2 aromatic carbocycles. The standard InChI is InChI=1S/C18H22NO.C7H8O3S/c1-3-7-16(8-4-1)15-20-19-13-11-18(12-14-19)17-9-5-2-6-10-17;1-6-2-4-7(5-3-6)11(8,9)10/h2,5-6,9-14,16H,1,3-4,7-8,15H2;2-5H,1H3,(H,8,9,10)/q+1;/p-1. The minimum absolute atomic E-state index is 0.178. The first-order chi connectivity index (χ1) is 14.9. The van der Waals surface area contributed by atoms with Gasteiger partial charge in [0, 0.05) is 16.9 Å². The van der Waals surface area contributed by atoms with Crippen LogP contribution >= 0.6 is 0 Å². The van der Waals surface area contributed by atoms with E-state index in [1.54, 1.807) is 12.1 Å². The first-order valence-electron chi connectivity index (χ1n) is 10.6. The fourth-order valence-corrected chi connectivity index (χ4v) is 4.04. The van der Waals surface area contributed by atoms with E-state index in [9.17, 15) is 13.0 Å². The zero-order valence-electron chi connectivity index (χ0n) is 17.8. The molecule has 31 heavy (non-hydrogen) atoms. The van der Waals surface area contributed by atoms with Crippen molar-refractivity contribution in [2.75, 3.05) is 6.61 Å². The Morgan fingerprint density at radius 2 is 1.45 bits per heavy atom. The van der Waals surface area contributed by atoms with Gasteiger partial charge in [-0.05, 0) is 48.9 Å². The third kappa shape index (κ3) is 7.49. The molecule has 1 fully saturated rings. The molecule has 3 aromatic rings. The number of aryl methyl sites for hydroxylation is 1. The first kappa shape index (κ1) is 23.0. The lowest BCUT2D eigenvalue weighted by Gasteiger charge is -2.18. The molecule has 0 amide bonds. The minimum atomic E-state index is -4.27. The molecular weight excluding hydrogens is 410 g/mol. The van der Waals surface area contributed by atoms with Gasteiger partial charge in [-0.25, -0.2) is 8.42 Å². The molecule has 5 nitrogen and oxygen atoms in total. The number of benzene rings is 2. The van der Waals surface area contributed by atoms with Crippen molar-refractivity contribution in [3.05, 3.63) is 84.7 Å². The van der Waals surface area contributed by atoms with Crippen LogP contribution in [0.1, 0.15) is 37.7 Å². The van der Waals surface area contributed by atoms with Crippen molar-refractivity contribution in [3.8, 4) is 11.1 Å². The van der Waals surface area contributed by atoms with Crippen molar-refractivity contribution in [1.82, 2.24) is 0 Å². The van der Waals surface area contributed by atoms with Crippen molar-refractivity contribution in [3.63, 3.8) is 0 Å². The number of pyridine rings is 1. The average molecular weight is 440 g/mol. The minimum Gasteiger partial charge on any atom is -0.744 e. The summed E-state index contributed by atoms with van der Waals surface area (Å²) in [5.41, 5.74) is 3.40. The van der Waals surface area contributed by atoms with E-state index in [-0.39, 0.29) is 4.90 Å². The maximum absolute atomic E-state index is 10.4. The number of rotatable bonds is 5. The summed E-state index contributed by atoms with van der Waals surface area (Å²) in [6, 6.07) is 20.4. The number of aromatic nitrogens is 1. The van der Waals surface area contributed by atoms with Crippen LogP contribution in [0.2, 0.25) is 0 Å². The van der Waals surface area contributed by atoms with E-state index in [2.05, 4.69) is 36.4 Å². The van der Waals surface area contributed by atoms with Crippen molar-refractivity contribution < 1.29 is 22.5 Å². The van der Waals surface area contributed by atoms with Gasteiger partial charge in [0.25, 0.3) is 0 Å². The van der Waals surface area contributed by atoms with E-state index >= 15 is 0 Å². The van der Waals surface area contributed by atoms with Crippen LogP contribution in [-0.2, 0) is 10.1 Å². The third-order valence-electron chi connectivity index (χ3n) is 5.40. The molecule has 0 bridgehead atoms. The smallest absolute Gasteiger partial charge is 0.223 e. The molecule has 0 saturated heterocycles. The van der Waals surface area contributed by atoms with Crippen LogP contribution in [0.4, 0.5) is 0 Å². The van der Waals surface area contributed by atoms with Crippen LogP contribution < -0.4 is 9.57 Å². The molecule has 4 rings (SSSR count). The quantitative estimate of drug-likeness (QED) is 0.432. The van der Waals surface area contributed by atoms with Gasteiger partial charge in [0.1, 0.15) is 10.1 Å². The predicted octanol–water partition coefficient (Wildman–Crippen LogP) is 4.55. The summed E-state index contributed by atoms with van der Waals surface area (Å²) in [5, 5.41) is 0. The van der Waals surface area contributed by atoms with E-state index in [0.29, 0.717) is 0 Å². The van der Waals surface area contributed by atoms with Crippen molar-refractivity contribution >= 4 is 10.1 Å². The third-order valence-corrected chi connectivity index (χ3v) is 6.25. The lowest BCUT2D eigenvalue weighted by atomic mass is 9.90. The normalized spacial score (nSPS) is 14.4. The summed E-state index contributed by atoms with van der Waals surface area (Å²) in [7, 11) is -4.27. The molecule has 0 atom stereocenters. The lowest BCUT2D eigenvalue weighted by Crippen LogP contribution is -2.44. The van der Waals surface area contributed by atoms with Gasteiger partial charge in [-0.1, -0.05) is 67.3 Å². The maximum atomic E-state index is 10.4. The van der Waals surface area contributed by atoms with Crippen LogP contribution in [0.3, 0.4) is 0 Å². The fraction of sp³-hybridized carbons (Fsp3) is 0.320. The monoisotopic (exact) mass is 439 g/mol. The Bertz CT molecular complexity index is 1030. The molecule has 6 heteroatoms. The Morgan fingerprint density at radius 3 is 2.03 bits per heavy atom. The predicted molar refractivity (Wildman–Crippen MR) is 119 cm³/mol. The molecule has 1 aliphatic carbocycles. The lowest BCUT2D eigenvalue weighted by molar-refractivity contribution is -0.892. The molecule has 1 saturated carbocycles. The zero-order valence-corrected chi connectivity index (χ0v) is 18.6. The van der Waals surface area contributed by atoms with Crippen LogP contribution in [-0.4, -0.2) is 19.6 Å². The van der Waals surface area contributed by atoms with Crippen molar-refractivity contribution in [1.29, 1.82) is 0 Å². The summed E-state index contributed by atoms with van der Waals surface area (Å²) in [6.45, 7) is 2.66. The molecule has 164 valence electrons. The van der Waals surface area contributed by atoms with Crippen LogP contribution in [0, 0.1) is 12.8 Å². The number of nitrogens with zero attached hydrogens (tertiary/aromatic N) is 1. The molecule has 0 radical (unpaired) electrons. The van der Waals surface area contributed by atoms with Gasteiger partial charge in [0.05, 0.1) is 4.90 Å². The van der Waals surface area contributed by atoms with Gasteiger partial charge in [-0.2, -0.15) is 0 Å². The van der Waals surface area contributed by atoms with Crippen molar-refractivity contribution in [2.45, 2.75) is 43.9 Å². The van der Waals surface area contributed by atoms with Gasteiger partial charge in [0.2, 0.25) is 12.4 Å². The molecule has 1 heterocycles. The second-order valence-electron chi connectivity index (χ2n) is 7.88. The maximum Gasteiger partial charge on any atom is 0.223 e. The largest absolute Gasteiger partial charge is 0.744 e. The van der Waals surface area contributed by atoms with E-state index in [0.717, 1.165) is 18.1 Å². The molecule has 1 aromatic heterocycles. The topological polar surface area (TPSA) is 70.3 Å². The highest BCUT2D eigenvalue weighted by atomic mass is 32.2. The van der Waals surface area contributed by atoms with Gasteiger partial charge in [-0.15, -0.1) is 0 Å². The SMILES string of the molecule is Cc1ccc(S(=O)(=O)[O-])cc1.c1ccc(-c2cc[n+](OCC3CCCCC3)cc2)cc1. The Kier molecular flexibility index (Phi) is 8.20. The number of hydrogen-bond donors (Lipinski definition) is 0. The van der Waals surface area contributed by atoms with Gasteiger partial charge < -0.3 is 4.55 Å². The average Bonchev–Trinajstić information content (AvgIpc) is 2.79. The summed E-state index contributed by atoms with van der Waals surface area (Å²) >= 11 is 0. The molecule has 0 N–H and O–H groups in total. The molecule has 0 spiro atoms. The highest BCUT2D eigenvalue weighted by Gasteiger charge is 2.16. The number of hydrogen-bond acceptors (Lipinski definition) is 4. The second kappa shape index (κ2) is 11.1. The summed E-state index contributed by atoms with van der Waals surface area (Å²) in [4.78, 5) is 5.68. The van der Waals surface area contributed by atoms with E-state index < -0.39 is 10.1 Å². The summed E-state index contributed by atoms with van der Waals surface area (Å²) in [6.07, 6.45) is 10.8. The Balaban J connectivity index is 0.000000210. The summed E-state index contributed by atoms with van der Waals surface area (Å²) < 4.78 is 33.0. The van der Waals surface area contributed by atoms with Crippen molar-refractivity contribution in [2.24, 2.45) is 5.92 Å². The zero-order chi connectivity index (χ0) is 22.1. The van der Waals surface area contributed by atoms with Crippen LogP contribution in [0.15, 0.2) is 84.0 Å². The van der Waals surface area contributed by atoms with Gasteiger partial charge in [0.15, 0.2) is 6.61 Å². The molecular formula is C25H29NO4S. The van der Waals surface area contributed by atoms with E-state index in [1.807, 2.05) is 30.1 Å².